The van der Waals surface area contributed by atoms with Crippen LogP contribution < -0.4 is 0 Å². The van der Waals surface area contributed by atoms with E-state index in [0.717, 1.165) is 42.6 Å². The Morgan fingerprint density at radius 1 is 1.00 bits per heavy atom. The fourth-order valence-corrected chi connectivity index (χ4v) is 6.83. The lowest BCUT2D eigenvalue weighted by molar-refractivity contribution is -0.139. The second-order valence-corrected chi connectivity index (χ2v) is 8.97. The summed E-state index contributed by atoms with van der Waals surface area (Å²) in [6.07, 6.45) is 14.7. The molecule has 1 saturated heterocycles. The highest BCUT2D eigenvalue weighted by Gasteiger charge is 2.51. The molecule has 0 unspecified atom stereocenters. The summed E-state index contributed by atoms with van der Waals surface area (Å²) in [4.78, 5) is 15.5. The summed E-state index contributed by atoms with van der Waals surface area (Å²) in [6, 6.07) is 0.816. The van der Waals surface area contributed by atoms with Gasteiger partial charge < -0.3 is 0 Å². The summed E-state index contributed by atoms with van der Waals surface area (Å²) in [7, 11) is 0. The second-order valence-electron chi connectivity index (χ2n) is 8.97. The first-order valence-corrected chi connectivity index (χ1v) is 10.5. The quantitative estimate of drug-likeness (QED) is 0.754. The van der Waals surface area contributed by atoms with Crippen LogP contribution in [0, 0.1) is 29.6 Å². The topological polar surface area (TPSA) is 20.3 Å². The average Bonchev–Trinajstić information content (AvgIpc) is 2.58. The molecule has 0 aromatic heterocycles. The molecule has 0 aromatic carbocycles. The zero-order valence-corrected chi connectivity index (χ0v) is 15.0. The number of hydrogen-bond donors (Lipinski definition) is 0. The van der Waals surface area contributed by atoms with Crippen LogP contribution in [0.15, 0.2) is 0 Å². The molecule has 0 bridgehead atoms. The molecule has 0 N–H and O–H groups in total. The minimum absolute atomic E-state index is 0.397. The summed E-state index contributed by atoms with van der Waals surface area (Å²) in [5.41, 5.74) is 0. The van der Waals surface area contributed by atoms with Crippen LogP contribution in [0.1, 0.15) is 77.6 Å². The number of hydrogen-bond acceptors (Lipinski definition) is 2. The molecular weight excluding hydrogens is 282 g/mol. The second kappa shape index (κ2) is 6.86. The van der Waals surface area contributed by atoms with Crippen molar-refractivity contribution >= 4 is 5.78 Å². The number of ketones is 1. The fraction of sp³-hybridized carbons (Fsp3) is 0.952. The molecule has 4 aliphatic rings. The molecule has 3 aliphatic carbocycles. The lowest BCUT2D eigenvalue weighted by Crippen LogP contribution is -2.58. The Morgan fingerprint density at radius 3 is 2.61 bits per heavy atom. The van der Waals surface area contributed by atoms with Crippen molar-refractivity contribution in [1.29, 1.82) is 0 Å². The molecule has 3 saturated carbocycles. The van der Waals surface area contributed by atoms with E-state index in [9.17, 15) is 4.79 Å². The van der Waals surface area contributed by atoms with Gasteiger partial charge in [0.05, 0.1) is 0 Å². The number of carbonyl (C=O) groups excluding carboxylic acids is 1. The van der Waals surface area contributed by atoms with Crippen molar-refractivity contribution in [3.05, 3.63) is 0 Å². The van der Waals surface area contributed by atoms with E-state index in [1.165, 1.54) is 70.9 Å². The van der Waals surface area contributed by atoms with Gasteiger partial charge in [0, 0.05) is 24.9 Å². The predicted molar refractivity (Wildman–Crippen MR) is 94.3 cm³/mol. The van der Waals surface area contributed by atoms with Crippen LogP contribution in [0.3, 0.4) is 0 Å². The van der Waals surface area contributed by atoms with E-state index in [-0.39, 0.29) is 0 Å². The Bertz CT molecular complexity index is 428. The molecule has 2 heteroatoms. The van der Waals surface area contributed by atoms with Gasteiger partial charge >= 0.3 is 0 Å². The molecule has 4 fully saturated rings. The van der Waals surface area contributed by atoms with Gasteiger partial charge in [0.2, 0.25) is 0 Å². The highest BCUT2D eigenvalue weighted by atomic mass is 16.1. The van der Waals surface area contributed by atoms with E-state index < -0.39 is 0 Å². The van der Waals surface area contributed by atoms with Gasteiger partial charge in [-0.15, -0.1) is 0 Å². The summed E-state index contributed by atoms with van der Waals surface area (Å²) in [5.74, 6) is 4.27. The van der Waals surface area contributed by atoms with Crippen LogP contribution in [0.5, 0.6) is 0 Å². The van der Waals surface area contributed by atoms with Gasteiger partial charge in [0.1, 0.15) is 5.78 Å². The Labute approximate surface area is 142 Å². The van der Waals surface area contributed by atoms with Crippen LogP contribution in [-0.2, 0) is 4.79 Å². The number of nitrogens with zero attached hydrogens (tertiary/aromatic N) is 1. The van der Waals surface area contributed by atoms with Gasteiger partial charge in [0.25, 0.3) is 0 Å². The summed E-state index contributed by atoms with van der Waals surface area (Å²) >= 11 is 0. The zero-order chi connectivity index (χ0) is 15.8. The standard InChI is InChI=1S/C21H35NO/c1-2-17-18-9-6-10-19-21(18)16(13-20(17)23)11-12-22(19)14-15-7-4-3-5-8-15/h15-19,21H,2-14H2,1H3/t16-,17+,18+,19+,21+/m1/s1. The maximum Gasteiger partial charge on any atom is 0.136 e. The summed E-state index contributed by atoms with van der Waals surface area (Å²) in [6.45, 7) is 4.89. The van der Waals surface area contributed by atoms with Crippen molar-refractivity contribution in [3.63, 3.8) is 0 Å². The molecule has 23 heavy (non-hydrogen) atoms. The number of likely N-dealkylation sites (tertiary alicyclic amines) is 1. The third-order valence-corrected chi connectivity index (χ3v) is 7.83. The largest absolute Gasteiger partial charge is 0.300 e. The highest BCUT2D eigenvalue weighted by molar-refractivity contribution is 5.82. The van der Waals surface area contributed by atoms with Crippen LogP contribution in [0.2, 0.25) is 0 Å². The van der Waals surface area contributed by atoms with Gasteiger partial charge in [-0.1, -0.05) is 32.6 Å². The number of carbonyl (C=O) groups is 1. The van der Waals surface area contributed by atoms with Crippen molar-refractivity contribution in [2.45, 2.75) is 83.6 Å². The molecule has 130 valence electrons. The Morgan fingerprint density at radius 2 is 1.83 bits per heavy atom. The number of Topliss-reactive ketones (excluding diaryl/α,β-unsaturated/α-hetero) is 1. The van der Waals surface area contributed by atoms with E-state index in [1.807, 2.05) is 0 Å². The van der Waals surface area contributed by atoms with Gasteiger partial charge in [-0.2, -0.15) is 0 Å². The summed E-state index contributed by atoms with van der Waals surface area (Å²) in [5, 5.41) is 0. The van der Waals surface area contributed by atoms with Crippen LogP contribution >= 0.6 is 0 Å². The predicted octanol–water partition coefficient (Wildman–Crippen LogP) is 4.67. The fourth-order valence-electron chi connectivity index (χ4n) is 6.83. The molecule has 2 nitrogen and oxygen atoms in total. The Balaban J connectivity index is 1.49. The van der Waals surface area contributed by atoms with Gasteiger partial charge in [-0.3, -0.25) is 9.69 Å². The normalized spacial score (nSPS) is 42.5. The molecule has 0 aromatic rings. The smallest absolute Gasteiger partial charge is 0.136 e. The molecule has 0 amide bonds. The Hall–Kier alpha value is -0.370. The third-order valence-electron chi connectivity index (χ3n) is 7.83. The zero-order valence-electron chi connectivity index (χ0n) is 15.0. The molecular formula is C21H35NO. The van der Waals surface area contributed by atoms with Gasteiger partial charge in [-0.25, -0.2) is 0 Å². The van der Waals surface area contributed by atoms with Crippen molar-refractivity contribution < 1.29 is 4.79 Å². The first-order valence-electron chi connectivity index (χ1n) is 10.5. The molecule has 0 radical (unpaired) electrons. The van der Waals surface area contributed by atoms with Crippen molar-refractivity contribution in [2.24, 2.45) is 29.6 Å². The maximum absolute atomic E-state index is 12.6. The maximum atomic E-state index is 12.6. The first-order chi connectivity index (χ1) is 11.3. The van der Waals surface area contributed by atoms with E-state index in [2.05, 4.69) is 11.8 Å². The average molecular weight is 318 g/mol. The minimum Gasteiger partial charge on any atom is -0.300 e. The third kappa shape index (κ3) is 3.01. The monoisotopic (exact) mass is 317 g/mol. The molecule has 5 atom stereocenters. The van der Waals surface area contributed by atoms with E-state index >= 15 is 0 Å². The molecule has 1 aliphatic heterocycles. The van der Waals surface area contributed by atoms with Crippen LogP contribution in [0.4, 0.5) is 0 Å². The van der Waals surface area contributed by atoms with E-state index in [4.69, 9.17) is 0 Å². The molecule has 0 spiro atoms. The number of rotatable bonds is 3. The lowest BCUT2D eigenvalue weighted by atomic mass is 9.56. The lowest BCUT2D eigenvalue weighted by Gasteiger charge is -2.56. The number of piperidine rings is 1. The van der Waals surface area contributed by atoms with E-state index in [1.54, 1.807) is 0 Å². The van der Waals surface area contributed by atoms with Crippen molar-refractivity contribution in [3.8, 4) is 0 Å². The van der Waals surface area contributed by atoms with E-state index in [0.29, 0.717) is 11.7 Å². The minimum atomic E-state index is 0.397. The van der Waals surface area contributed by atoms with Crippen molar-refractivity contribution in [2.75, 3.05) is 13.1 Å². The van der Waals surface area contributed by atoms with Crippen LogP contribution in [0.25, 0.3) is 0 Å². The first kappa shape index (κ1) is 16.1. The molecule has 4 rings (SSSR count). The SMILES string of the molecule is CC[C@@H]1C(=O)C[C@H]2CCN(CC3CCCCC3)[C@H]3CCC[C@@H]1[C@H]23. The highest BCUT2D eigenvalue weighted by Crippen LogP contribution is 2.51. The summed E-state index contributed by atoms with van der Waals surface area (Å²) < 4.78 is 0. The van der Waals surface area contributed by atoms with Crippen LogP contribution in [-0.4, -0.2) is 29.8 Å². The van der Waals surface area contributed by atoms with Gasteiger partial charge in [0.15, 0.2) is 0 Å². The Kier molecular flexibility index (Phi) is 4.81. The van der Waals surface area contributed by atoms with Gasteiger partial charge in [-0.05, 0) is 68.7 Å². The molecule has 1 heterocycles. The van der Waals surface area contributed by atoms with Crippen molar-refractivity contribution in [1.82, 2.24) is 4.90 Å².